The standard InChI is InChI=1S/C12H12N8OS/c21-11(13-9-5-8(14-15-9)7-1-2-7)6-22-12-4-3-10-16-18-19-20(10)17-12/h3-5,7H,1-2,6H2,(H2,13,14,15,21). The Bertz CT molecular complexity index is 823. The third-order valence-corrected chi connectivity index (χ3v) is 4.20. The number of fused-ring (bicyclic) bond motifs is 1. The summed E-state index contributed by atoms with van der Waals surface area (Å²) in [5.74, 6) is 1.26. The molecule has 2 N–H and O–H groups in total. The molecule has 1 aliphatic carbocycles. The summed E-state index contributed by atoms with van der Waals surface area (Å²) in [7, 11) is 0. The second-order valence-corrected chi connectivity index (χ2v) is 6.01. The van der Waals surface area contributed by atoms with E-state index < -0.39 is 0 Å². The topological polar surface area (TPSA) is 114 Å². The lowest BCUT2D eigenvalue weighted by molar-refractivity contribution is -0.113. The van der Waals surface area contributed by atoms with Crippen LogP contribution in [0.15, 0.2) is 23.2 Å². The maximum atomic E-state index is 11.9. The first-order valence-electron chi connectivity index (χ1n) is 6.81. The van der Waals surface area contributed by atoms with Gasteiger partial charge in [0.15, 0.2) is 11.5 Å². The van der Waals surface area contributed by atoms with Crippen LogP contribution in [0.3, 0.4) is 0 Å². The minimum absolute atomic E-state index is 0.127. The fourth-order valence-corrected chi connectivity index (χ4v) is 2.68. The Hall–Kier alpha value is -2.49. The summed E-state index contributed by atoms with van der Waals surface area (Å²) in [6.45, 7) is 0. The van der Waals surface area contributed by atoms with Gasteiger partial charge in [0, 0.05) is 17.7 Å². The number of carbonyl (C=O) groups excluding carboxylic acids is 1. The molecule has 0 atom stereocenters. The molecule has 3 aromatic rings. The summed E-state index contributed by atoms with van der Waals surface area (Å²) in [4.78, 5) is 11.9. The lowest BCUT2D eigenvalue weighted by Crippen LogP contribution is -2.14. The molecular formula is C12H12N8OS. The molecule has 1 fully saturated rings. The molecule has 112 valence electrons. The molecular weight excluding hydrogens is 304 g/mol. The minimum atomic E-state index is -0.127. The first-order chi connectivity index (χ1) is 10.8. The van der Waals surface area contributed by atoms with E-state index in [1.165, 1.54) is 29.2 Å². The maximum absolute atomic E-state index is 11.9. The van der Waals surface area contributed by atoms with Crippen LogP contribution in [-0.4, -0.2) is 47.1 Å². The number of H-pyrrole nitrogens is 1. The highest BCUT2D eigenvalue weighted by Crippen LogP contribution is 2.39. The molecule has 0 unspecified atom stereocenters. The highest BCUT2D eigenvalue weighted by atomic mass is 32.2. The van der Waals surface area contributed by atoms with Crippen molar-refractivity contribution in [1.82, 2.24) is 35.5 Å². The molecule has 10 heteroatoms. The first kappa shape index (κ1) is 13.2. The van der Waals surface area contributed by atoms with Gasteiger partial charge in [0.1, 0.15) is 5.03 Å². The second-order valence-electron chi connectivity index (χ2n) is 5.02. The van der Waals surface area contributed by atoms with Crippen molar-refractivity contribution in [3.05, 3.63) is 23.9 Å². The Balaban J connectivity index is 1.34. The molecule has 1 amide bonds. The Morgan fingerprint density at radius 3 is 3.23 bits per heavy atom. The van der Waals surface area contributed by atoms with Gasteiger partial charge in [-0.1, -0.05) is 11.8 Å². The van der Waals surface area contributed by atoms with Gasteiger partial charge in [0.05, 0.1) is 5.75 Å². The highest BCUT2D eigenvalue weighted by molar-refractivity contribution is 7.99. The van der Waals surface area contributed by atoms with E-state index in [0.717, 1.165) is 5.69 Å². The van der Waals surface area contributed by atoms with Crippen LogP contribution in [0.2, 0.25) is 0 Å². The zero-order valence-electron chi connectivity index (χ0n) is 11.4. The number of rotatable bonds is 5. The molecule has 0 radical (unpaired) electrons. The van der Waals surface area contributed by atoms with Crippen LogP contribution in [0.25, 0.3) is 5.65 Å². The van der Waals surface area contributed by atoms with Crippen LogP contribution < -0.4 is 5.32 Å². The van der Waals surface area contributed by atoms with Gasteiger partial charge in [-0.2, -0.15) is 5.10 Å². The van der Waals surface area contributed by atoms with Gasteiger partial charge in [0.25, 0.3) is 0 Å². The van der Waals surface area contributed by atoms with E-state index in [1.54, 1.807) is 12.1 Å². The van der Waals surface area contributed by atoms with E-state index in [9.17, 15) is 4.79 Å². The number of thioether (sulfide) groups is 1. The lowest BCUT2D eigenvalue weighted by atomic mass is 10.3. The maximum Gasteiger partial charge on any atom is 0.235 e. The average Bonchev–Trinajstić information content (AvgIpc) is 3.08. The molecule has 22 heavy (non-hydrogen) atoms. The molecule has 0 aliphatic heterocycles. The van der Waals surface area contributed by atoms with Crippen LogP contribution >= 0.6 is 11.8 Å². The Morgan fingerprint density at radius 2 is 2.36 bits per heavy atom. The van der Waals surface area contributed by atoms with E-state index in [0.29, 0.717) is 22.4 Å². The number of nitrogens with zero attached hydrogens (tertiary/aromatic N) is 6. The molecule has 3 heterocycles. The molecule has 1 saturated carbocycles. The minimum Gasteiger partial charge on any atom is -0.308 e. The second kappa shape index (κ2) is 5.37. The quantitative estimate of drug-likeness (QED) is 0.671. The zero-order chi connectivity index (χ0) is 14.9. The number of tetrazole rings is 1. The van der Waals surface area contributed by atoms with Crippen molar-refractivity contribution in [2.24, 2.45) is 0 Å². The molecule has 1 aliphatic rings. The Kier molecular flexibility index (Phi) is 3.22. The largest absolute Gasteiger partial charge is 0.308 e. The summed E-state index contributed by atoms with van der Waals surface area (Å²) < 4.78 is 1.33. The molecule has 3 aromatic heterocycles. The highest BCUT2D eigenvalue weighted by Gasteiger charge is 2.25. The number of aromatic nitrogens is 7. The number of anilines is 1. The summed E-state index contributed by atoms with van der Waals surface area (Å²) in [6.07, 6.45) is 2.38. The van der Waals surface area contributed by atoms with Crippen molar-refractivity contribution >= 4 is 29.1 Å². The van der Waals surface area contributed by atoms with Gasteiger partial charge in [-0.25, -0.2) is 0 Å². The SMILES string of the molecule is O=C(CSc1ccc2nnnn2n1)Nc1cc(C2CC2)[nH]n1. The van der Waals surface area contributed by atoms with Crippen molar-refractivity contribution in [3.8, 4) is 0 Å². The molecule has 0 saturated heterocycles. The summed E-state index contributed by atoms with van der Waals surface area (Å²) in [5, 5.41) is 25.7. The average molecular weight is 316 g/mol. The number of aromatic amines is 1. The number of hydrogen-bond acceptors (Lipinski definition) is 7. The molecule has 0 bridgehead atoms. The van der Waals surface area contributed by atoms with E-state index in [1.807, 2.05) is 6.07 Å². The van der Waals surface area contributed by atoms with Crippen molar-refractivity contribution in [2.75, 3.05) is 11.1 Å². The monoisotopic (exact) mass is 316 g/mol. The summed E-state index contributed by atoms with van der Waals surface area (Å²) in [6, 6.07) is 5.43. The fourth-order valence-electron chi connectivity index (χ4n) is 2.03. The van der Waals surface area contributed by atoms with Crippen LogP contribution in [0, 0.1) is 0 Å². The van der Waals surface area contributed by atoms with Crippen LogP contribution in [-0.2, 0) is 4.79 Å². The lowest BCUT2D eigenvalue weighted by Gasteiger charge is -2.01. The van der Waals surface area contributed by atoms with Crippen LogP contribution in [0.4, 0.5) is 5.82 Å². The third-order valence-electron chi connectivity index (χ3n) is 3.28. The van der Waals surface area contributed by atoms with Gasteiger partial charge in [-0.05, 0) is 35.4 Å². The predicted molar refractivity (Wildman–Crippen MR) is 78.5 cm³/mol. The Labute approximate surface area is 128 Å². The van der Waals surface area contributed by atoms with Crippen molar-refractivity contribution in [3.63, 3.8) is 0 Å². The van der Waals surface area contributed by atoms with Gasteiger partial charge in [0.2, 0.25) is 5.91 Å². The van der Waals surface area contributed by atoms with Gasteiger partial charge >= 0.3 is 0 Å². The van der Waals surface area contributed by atoms with Crippen molar-refractivity contribution in [2.45, 2.75) is 23.8 Å². The molecule has 0 spiro atoms. The molecule has 0 aromatic carbocycles. The van der Waals surface area contributed by atoms with E-state index >= 15 is 0 Å². The predicted octanol–water partition coefficient (Wildman–Crippen LogP) is 0.851. The zero-order valence-corrected chi connectivity index (χ0v) is 12.2. The van der Waals surface area contributed by atoms with Crippen LogP contribution in [0.5, 0.6) is 0 Å². The third kappa shape index (κ3) is 2.77. The number of carbonyl (C=O) groups is 1. The van der Waals surface area contributed by atoms with Gasteiger partial charge in [-0.15, -0.1) is 14.8 Å². The summed E-state index contributed by atoms with van der Waals surface area (Å²) >= 11 is 1.31. The number of amides is 1. The van der Waals surface area contributed by atoms with Crippen molar-refractivity contribution in [1.29, 1.82) is 0 Å². The fraction of sp³-hybridized carbons (Fsp3) is 0.333. The van der Waals surface area contributed by atoms with E-state index in [4.69, 9.17) is 0 Å². The van der Waals surface area contributed by atoms with Crippen molar-refractivity contribution < 1.29 is 4.79 Å². The molecule has 9 nitrogen and oxygen atoms in total. The molecule has 4 rings (SSSR count). The van der Waals surface area contributed by atoms with E-state index in [2.05, 4.69) is 36.1 Å². The van der Waals surface area contributed by atoms with Crippen LogP contribution in [0.1, 0.15) is 24.5 Å². The normalized spacial score (nSPS) is 14.4. The number of nitrogens with one attached hydrogen (secondary N) is 2. The van der Waals surface area contributed by atoms with E-state index in [-0.39, 0.29) is 11.7 Å². The van der Waals surface area contributed by atoms with Gasteiger partial charge in [-0.3, -0.25) is 9.89 Å². The smallest absolute Gasteiger partial charge is 0.235 e. The first-order valence-corrected chi connectivity index (χ1v) is 7.80. The van der Waals surface area contributed by atoms with Gasteiger partial charge < -0.3 is 5.32 Å². The number of hydrogen-bond donors (Lipinski definition) is 2. The summed E-state index contributed by atoms with van der Waals surface area (Å²) in [5.41, 5.74) is 1.66. The Morgan fingerprint density at radius 1 is 1.45 bits per heavy atom.